The maximum Gasteiger partial charge on any atom is 0.160 e. The molecule has 94 valence electrons. The van der Waals surface area contributed by atoms with Crippen molar-refractivity contribution in [2.45, 2.75) is 20.8 Å². The Labute approximate surface area is 108 Å². The number of hydrogen-bond donors (Lipinski definition) is 0. The number of Topliss-reactive ketones (excluding diaryl/α,β-unsaturated/α-hetero) is 1. The predicted octanol–water partition coefficient (Wildman–Crippen LogP) is 4.08. The molecule has 0 saturated carbocycles. The molecule has 0 fully saturated rings. The van der Waals surface area contributed by atoms with Crippen LogP contribution in [0.1, 0.15) is 31.1 Å². The molecular weight excluding hydrogens is 224 g/mol. The van der Waals surface area contributed by atoms with E-state index >= 15 is 0 Å². The summed E-state index contributed by atoms with van der Waals surface area (Å²) in [6.07, 6.45) is 0. The van der Waals surface area contributed by atoms with Crippen LogP contribution in [0.15, 0.2) is 36.4 Å². The van der Waals surface area contributed by atoms with Gasteiger partial charge in [0.1, 0.15) is 5.75 Å². The molecule has 0 spiro atoms. The van der Waals surface area contributed by atoms with Gasteiger partial charge in [-0.15, -0.1) is 0 Å². The summed E-state index contributed by atoms with van der Waals surface area (Å²) in [5.74, 6) is 1.33. The number of hydrogen-bond acceptors (Lipinski definition) is 2. The van der Waals surface area contributed by atoms with Gasteiger partial charge in [-0.05, 0) is 24.3 Å². The van der Waals surface area contributed by atoms with Gasteiger partial charge in [-0.1, -0.05) is 44.2 Å². The monoisotopic (exact) mass is 242 g/mol. The second kappa shape index (κ2) is 5.21. The number of benzene rings is 2. The highest BCUT2D eigenvalue weighted by molar-refractivity contribution is 6.09. The van der Waals surface area contributed by atoms with Crippen molar-refractivity contribution in [1.29, 1.82) is 0 Å². The molecule has 0 heterocycles. The van der Waals surface area contributed by atoms with E-state index in [1.807, 2.05) is 36.4 Å². The quantitative estimate of drug-likeness (QED) is 0.755. The second-order valence-electron chi connectivity index (χ2n) is 4.92. The van der Waals surface area contributed by atoms with Crippen LogP contribution in [0, 0.1) is 5.92 Å². The summed E-state index contributed by atoms with van der Waals surface area (Å²) < 4.78 is 5.82. The van der Waals surface area contributed by atoms with Gasteiger partial charge < -0.3 is 4.74 Å². The highest BCUT2D eigenvalue weighted by Gasteiger charge is 2.10. The van der Waals surface area contributed by atoms with Gasteiger partial charge in [0.2, 0.25) is 0 Å². The Bertz CT molecular complexity index is 565. The molecule has 2 heteroatoms. The van der Waals surface area contributed by atoms with Crippen LogP contribution in [0.2, 0.25) is 0 Å². The average Bonchev–Trinajstić information content (AvgIpc) is 2.35. The first-order valence-electron chi connectivity index (χ1n) is 6.25. The lowest BCUT2D eigenvalue weighted by Crippen LogP contribution is -2.05. The summed E-state index contributed by atoms with van der Waals surface area (Å²) >= 11 is 0. The van der Waals surface area contributed by atoms with Gasteiger partial charge in [0.15, 0.2) is 5.78 Å². The molecule has 2 rings (SSSR count). The van der Waals surface area contributed by atoms with Crippen LogP contribution < -0.4 is 4.74 Å². The maximum atomic E-state index is 11.7. The number of fused-ring (bicyclic) bond motifs is 1. The minimum atomic E-state index is 0.0706. The van der Waals surface area contributed by atoms with Gasteiger partial charge in [0, 0.05) is 10.9 Å². The topological polar surface area (TPSA) is 26.3 Å². The molecule has 0 N–H and O–H groups in total. The average molecular weight is 242 g/mol. The summed E-state index contributed by atoms with van der Waals surface area (Å²) in [6, 6.07) is 11.7. The van der Waals surface area contributed by atoms with Crippen molar-refractivity contribution in [3.8, 4) is 5.75 Å². The molecule has 0 aliphatic rings. The molecule has 0 aliphatic heterocycles. The second-order valence-corrected chi connectivity index (χ2v) is 4.92. The third kappa shape index (κ3) is 2.53. The third-order valence-electron chi connectivity index (χ3n) is 2.82. The van der Waals surface area contributed by atoms with Gasteiger partial charge in [-0.3, -0.25) is 4.79 Å². The lowest BCUT2D eigenvalue weighted by Gasteiger charge is -2.13. The van der Waals surface area contributed by atoms with E-state index in [0.29, 0.717) is 12.5 Å². The molecule has 0 aromatic heterocycles. The summed E-state index contributed by atoms with van der Waals surface area (Å²) in [5, 5.41) is 1.97. The molecule has 0 atom stereocenters. The Morgan fingerprint density at radius 3 is 2.44 bits per heavy atom. The zero-order chi connectivity index (χ0) is 13.1. The lowest BCUT2D eigenvalue weighted by molar-refractivity contribution is 0.101. The number of ether oxygens (including phenoxy) is 1. The highest BCUT2D eigenvalue weighted by Crippen LogP contribution is 2.29. The van der Waals surface area contributed by atoms with Crippen LogP contribution in [0.4, 0.5) is 0 Å². The fourth-order valence-electron chi connectivity index (χ4n) is 1.98. The maximum absolute atomic E-state index is 11.7. The molecule has 0 aliphatic carbocycles. The first kappa shape index (κ1) is 12.6. The molecule has 0 unspecified atom stereocenters. The Morgan fingerprint density at radius 1 is 1.17 bits per heavy atom. The zero-order valence-electron chi connectivity index (χ0n) is 11.1. The molecule has 0 amide bonds. The lowest BCUT2D eigenvalue weighted by atomic mass is 10.0. The van der Waals surface area contributed by atoms with E-state index in [9.17, 15) is 4.79 Å². The standard InChI is InChI=1S/C16H18O2/c1-11(2)10-18-15-9-5-7-13-6-4-8-14(12(3)17)16(13)15/h4-9,11H,10H2,1-3H3. The van der Waals surface area contributed by atoms with Crippen LogP contribution in [0.25, 0.3) is 10.8 Å². The summed E-state index contributed by atoms with van der Waals surface area (Å²) in [4.78, 5) is 11.7. The van der Waals surface area contributed by atoms with Crippen LogP contribution in [0.5, 0.6) is 5.75 Å². The van der Waals surface area contributed by atoms with Crippen molar-refractivity contribution in [2.75, 3.05) is 6.61 Å². The van der Waals surface area contributed by atoms with E-state index in [4.69, 9.17) is 4.74 Å². The van der Waals surface area contributed by atoms with Gasteiger partial charge in [-0.2, -0.15) is 0 Å². The molecule has 2 nitrogen and oxygen atoms in total. The Hall–Kier alpha value is -1.83. The SMILES string of the molecule is CC(=O)c1cccc2cccc(OCC(C)C)c12. The van der Waals surface area contributed by atoms with Crippen molar-refractivity contribution in [3.05, 3.63) is 42.0 Å². The van der Waals surface area contributed by atoms with Crippen molar-refractivity contribution < 1.29 is 9.53 Å². The molecule has 18 heavy (non-hydrogen) atoms. The van der Waals surface area contributed by atoms with E-state index in [1.54, 1.807) is 6.92 Å². The van der Waals surface area contributed by atoms with Gasteiger partial charge in [0.25, 0.3) is 0 Å². The first-order valence-corrected chi connectivity index (χ1v) is 6.25. The van der Waals surface area contributed by atoms with Gasteiger partial charge in [0.05, 0.1) is 6.61 Å². The molecule has 2 aromatic rings. The summed E-state index contributed by atoms with van der Waals surface area (Å²) in [5.41, 5.74) is 0.729. The minimum Gasteiger partial charge on any atom is -0.493 e. The van der Waals surface area contributed by atoms with Crippen LogP contribution in [-0.4, -0.2) is 12.4 Å². The normalized spacial score (nSPS) is 10.9. The van der Waals surface area contributed by atoms with Crippen molar-refractivity contribution in [2.24, 2.45) is 5.92 Å². The number of carbonyl (C=O) groups excluding carboxylic acids is 1. The molecule has 2 aromatic carbocycles. The smallest absolute Gasteiger partial charge is 0.160 e. The largest absolute Gasteiger partial charge is 0.493 e. The molecule has 0 bridgehead atoms. The van der Waals surface area contributed by atoms with Crippen molar-refractivity contribution >= 4 is 16.6 Å². The third-order valence-corrected chi connectivity index (χ3v) is 2.82. The Balaban J connectivity index is 2.55. The first-order chi connectivity index (χ1) is 8.59. The minimum absolute atomic E-state index is 0.0706. The van der Waals surface area contributed by atoms with E-state index in [-0.39, 0.29) is 5.78 Å². The van der Waals surface area contributed by atoms with Crippen LogP contribution in [0.3, 0.4) is 0 Å². The van der Waals surface area contributed by atoms with Crippen LogP contribution >= 0.6 is 0 Å². The van der Waals surface area contributed by atoms with Crippen molar-refractivity contribution in [3.63, 3.8) is 0 Å². The molecular formula is C16H18O2. The van der Waals surface area contributed by atoms with E-state index in [0.717, 1.165) is 22.1 Å². The molecule has 0 saturated heterocycles. The number of rotatable bonds is 4. The van der Waals surface area contributed by atoms with Gasteiger partial charge in [-0.25, -0.2) is 0 Å². The number of carbonyl (C=O) groups is 1. The van der Waals surface area contributed by atoms with E-state index < -0.39 is 0 Å². The van der Waals surface area contributed by atoms with Crippen molar-refractivity contribution in [1.82, 2.24) is 0 Å². The fraction of sp³-hybridized carbons (Fsp3) is 0.312. The van der Waals surface area contributed by atoms with E-state index in [2.05, 4.69) is 13.8 Å². The Morgan fingerprint density at radius 2 is 1.83 bits per heavy atom. The van der Waals surface area contributed by atoms with Crippen LogP contribution in [-0.2, 0) is 0 Å². The Kier molecular flexibility index (Phi) is 3.66. The van der Waals surface area contributed by atoms with E-state index in [1.165, 1.54) is 0 Å². The molecule has 0 radical (unpaired) electrons. The highest BCUT2D eigenvalue weighted by atomic mass is 16.5. The zero-order valence-corrected chi connectivity index (χ0v) is 11.1. The summed E-state index contributed by atoms with van der Waals surface area (Å²) in [7, 11) is 0. The predicted molar refractivity (Wildman–Crippen MR) is 74.3 cm³/mol. The summed E-state index contributed by atoms with van der Waals surface area (Å²) in [6.45, 7) is 6.47. The van der Waals surface area contributed by atoms with Gasteiger partial charge >= 0.3 is 0 Å². The fourth-order valence-corrected chi connectivity index (χ4v) is 1.98. The number of ketones is 1.